The Morgan fingerprint density at radius 2 is 1.95 bits per heavy atom. The molecule has 11 heteroatoms. The van der Waals surface area contributed by atoms with Gasteiger partial charge in [0.05, 0.1) is 11.0 Å². The number of hydrogen-bond acceptors (Lipinski definition) is 9. The molecule has 208 valence electrons. The summed E-state index contributed by atoms with van der Waals surface area (Å²) >= 11 is 0. The highest BCUT2D eigenvalue weighted by Crippen LogP contribution is 2.31. The summed E-state index contributed by atoms with van der Waals surface area (Å²) in [6.07, 6.45) is 3.76. The highest BCUT2D eigenvalue weighted by atomic mass is 16.5. The maximum absolute atomic E-state index is 12.3. The van der Waals surface area contributed by atoms with E-state index in [1.54, 1.807) is 4.68 Å². The fourth-order valence-electron chi connectivity index (χ4n) is 5.12. The smallest absolute Gasteiger partial charge is 0.246 e. The van der Waals surface area contributed by atoms with Crippen molar-refractivity contribution in [2.75, 3.05) is 29.9 Å². The largest absolute Gasteiger partial charge is 0.457 e. The predicted molar refractivity (Wildman–Crippen MR) is 159 cm³/mol. The lowest BCUT2D eigenvalue weighted by atomic mass is 10.2. The molecule has 0 aliphatic carbocycles. The Kier molecular flexibility index (Phi) is 6.92. The van der Waals surface area contributed by atoms with E-state index >= 15 is 0 Å². The molecule has 1 N–H and O–H groups in total. The molecule has 4 heterocycles. The molecule has 1 saturated heterocycles. The van der Waals surface area contributed by atoms with Gasteiger partial charge in [0.25, 0.3) is 0 Å². The number of aromatic nitrogens is 6. The predicted octanol–water partition coefficient (Wildman–Crippen LogP) is 4.76. The summed E-state index contributed by atoms with van der Waals surface area (Å²) in [5.41, 5.74) is 4.95. The Balaban J connectivity index is 1.22. The van der Waals surface area contributed by atoms with Crippen molar-refractivity contribution in [3.63, 3.8) is 0 Å². The van der Waals surface area contributed by atoms with Crippen molar-refractivity contribution in [1.29, 1.82) is 0 Å². The van der Waals surface area contributed by atoms with Crippen LogP contribution in [-0.2, 0) is 11.8 Å². The van der Waals surface area contributed by atoms with E-state index in [0.29, 0.717) is 30.2 Å². The van der Waals surface area contributed by atoms with Gasteiger partial charge in [-0.05, 0) is 74.4 Å². The average molecular weight is 550 g/mol. The van der Waals surface area contributed by atoms with Crippen LogP contribution in [0.3, 0.4) is 0 Å². The number of fused-ring (bicyclic) bond motifs is 2. The molecule has 0 radical (unpaired) electrons. The van der Waals surface area contributed by atoms with Gasteiger partial charge in [-0.1, -0.05) is 11.8 Å². The van der Waals surface area contributed by atoms with Gasteiger partial charge in [0, 0.05) is 44.5 Å². The summed E-state index contributed by atoms with van der Waals surface area (Å²) in [4.78, 5) is 30.2. The van der Waals surface area contributed by atoms with Crippen molar-refractivity contribution in [1.82, 2.24) is 34.8 Å². The Hall–Kier alpha value is -5.06. The maximum Gasteiger partial charge on any atom is 0.246 e. The minimum Gasteiger partial charge on any atom is -0.457 e. The number of pyridine rings is 1. The monoisotopic (exact) mass is 549 g/mol. The van der Waals surface area contributed by atoms with E-state index < -0.39 is 0 Å². The van der Waals surface area contributed by atoms with Crippen molar-refractivity contribution < 1.29 is 9.53 Å². The van der Waals surface area contributed by atoms with Gasteiger partial charge in [-0.2, -0.15) is 0 Å². The number of nitrogens with one attached hydrogen (secondary N) is 1. The second kappa shape index (κ2) is 10.8. The van der Waals surface area contributed by atoms with E-state index in [1.165, 1.54) is 12.4 Å². The third kappa shape index (κ3) is 5.25. The molecule has 1 aliphatic heterocycles. The highest BCUT2D eigenvalue weighted by Gasteiger charge is 2.24. The van der Waals surface area contributed by atoms with Crippen molar-refractivity contribution in [2.45, 2.75) is 26.3 Å². The lowest BCUT2D eigenvalue weighted by molar-refractivity contribution is -0.127. The number of benzene rings is 2. The van der Waals surface area contributed by atoms with Crippen LogP contribution in [0, 0.1) is 6.92 Å². The molecule has 3 aromatic heterocycles. The lowest BCUT2D eigenvalue weighted by Gasteiger charge is -2.25. The van der Waals surface area contributed by atoms with Gasteiger partial charge in [0.2, 0.25) is 5.91 Å². The lowest BCUT2D eigenvalue weighted by Crippen LogP contribution is -2.38. The zero-order chi connectivity index (χ0) is 28.5. The Morgan fingerprint density at radius 3 is 2.78 bits per heavy atom. The first kappa shape index (κ1) is 26.2. The second-order valence-electron chi connectivity index (χ2n) is 10.2. The summed E-state index contributed by atoms with van der Waals surface area (Å²) in [5.74, 6) is 2.84. The van der Waals surface area contributed by atoms with Crippen LogP contribution in [0.4, 0.5) is 17.3 Å². The number of nitrogens with zero attached hydrogens (tertiary/aromatic N) is 8. The van der Waals surface area contributed by atoms with Crippen molar-refractivity contribution in [3.8, 4) is 11.5 Å². The Labute approximate surface area is 237 Å². The van der Waals surface area contributed by atoms with Crippen LogP contribution in [0.5, 0.6) is 11.5 Å². The van der Waals surface area contributed by atoms with E-state index in [1.807, 2.05) is 67.4 Å². The molecular weight excluding hydrogens is 518 g/mol. The number of ether oxygens (including phenoxy) is 1. The van der Waals surface area contributed by atoms with Crippen LogP contribution in [0.2, 0.25) is 0 Å². The second-order valence-corrected chi connectivity index (χ2v) is 10.2. The third-order valence-electron chi connectivity index (χ3n) is 7.46. The Bertz CT molecular complexity index is 1770. The molecular formula is C30H31N9O2. The standard InChI is InChI=1S/C30H31N9O2/c1-5-28(40)39-15-14-38(13-12-20(39)3)27-11-8-23-29(34-27)30(32-18-31-23)33-21-6-10-26(19(2)16-21)41-22-7-9-25-24(17-22)35-36-37(25)4/h5-11,16-18,20H,1,12-15H2,2-4H3,(H,31,32,33)/t20-/m0/s1. The van der Waals surface area contributed by atoms with Crippen molar-refractivity contribution in [2.24, 2.45) is 7.05 Å². The summed E-state index contributed by atoms with van der Waals surface area (Å²) in [6.45, 7) is 9.81. The first-order valence-corrected chi connectivity index (χ1v) is 13.5. The van der Waals surface area contributed by atoms with E-state index in [0.717, 1.165) is 52.3 Å². The van der Waals surface area contributed by atoms with Crippen LogP contribution in [0.1, 0.15) is 18.9 Å². The van der Waals surface area contributed by atoms with Gasteiger partial charge in [-0.3, -0.25) is 4.79 Å². The zero-order valence-electron chi connectivity index (χ0n) is 23.3. The third-order valence-corrected chi connectivity index (χ3v) is 7.46. The first-order chi connectivity index (χ1) is 19.9. The molecule has 1 aliphatic rings. The highest BCUT2D eigenvalue weighted by molar-refractivity contribution is 5.89. The molecule has 1 fully saturated rings. The molecule has 41 heavy (non-hydrogen) atoms. The SMILES string of the molecule is C=CC(=O)N1CCN(c2ccc3ncnc(Nc4ccc(Oc5ccc6c(c5)nnn6C)c(C)c4)c3n2)CC[C@@H]1C. The summed E-state index contributed by atoms with van der Waals surface area (Å²) in [5, 5.41) is 11.6. The van der Waals surface area contributed by atoms with Crippen LogP contribution in [-0.4, -0.2) is 66.4 Å². The molecule has 0 unspecified atom stereocenters. The van der Waals surface area contributed by atoms with Crippen LogP contribution in [0.25, 0.3) is 22.1 Å². The van der Waals surface area contributed by atoms with Gasteiger partial charge in [-0.25, -0.2) is 19.6 Å². The molecule has 0 saturated carbocycles. The van der Waals surface area contributed by atoms with Gasteiger partial charge in [-0.15, -0.1) is 5.10 Å². The van der Waals surface area contributed by atoms with Gasteiger partial charge >= 0.3 is 0 Å². The molecule has 11 nitrogen and oxygen atoms in total. The van der Waals surface area contributed by atoms with Gasteiger partial charge in [0.1, 0.15) is 34.7 Å². The van der Waals surface area contributed by atoms with Crippen LogP contribution < -0.4 is 15.0 Å². The minimum absolute atomic E-state index is 0.0380. The summed E-state index contributed by atoms with van der Waals surface area (Å²) < 4.78 is 7.88. The topological polar surface area (TPSA) is 114 Å². The summed E-state index contributed by atoms with van der Waals surface area (Å²) in [7, 11) is 1.86. The number of hydrogen-bond donors (Lipinski definition) is 1. The van der Waals surface area contributed by atoms with E-state index in [2.05, 4.69) is 44.0 Å². The molecule has 1 atom stereocenters. The average Bonchev–Trinajstić information content (AvgIpc) is 3.23. The molecule has 0 bridgehead atoms. The normalized spacial score (nSPS) is 15.6. The fraction of sp³-hybridized carbons (Fsp3) is 0.267. The molecule has 6 rings (SSSR count). The van der Waals surface area contributed by atoms with E-state index in [9.17, 15) is 4.79 Å². The van der Waals surface area contributed by atoms with Crippen LogP contribution in [0.15, 0.2) is 67.5 Å². The number of carbonyl (C=O) groups excluding carboxylic acids is 1. The quantitative estimate of drug-likeness (QED) is 0.299. The van der Waals surface area contributed by atoms with Crippen molar-refractivity contribution in [3.05, 3.63) is 73.1 Å². The van der Waals surface area contributed by atoms with Crippen molar-refractivity contribution >= 4 is 45.3 Å². The number of carbonyl (C=O) groups is 1. The zero-order valence-corrected chi connectivity index (χ0v) is 23.3. The fourth-order valence-corrected chi connectivity index (χ4v) is 5.12. The Morgan fingerprint density at radius 1 is 1.07 bits per heavy atom. The van der Waals surface area contributed by atoms with Gasteiger partial charge in [0.15, 0.2) is 5.82 Å². The first-order valence-electron chi connectivity index (χ1n) is 13.5. The van der Waals surface area contributed by atoms with Gasteiger partial charge < -0.3 is 19.9 Å². The van der Waals surface area contributed by atoms with E-state index in [-0.39, 0.29) is 11.9 Å². The minimum atomic E-state index is -0.0380. The maximum atomic E-state index is 12.3. The molecule has 2 aromatic carbocycles. The number of amides is 1. The summed E-state index contributed by atoms with van der Waals surface area (Å²) in [6, 6.07) is 15.7. The number of rotatable bonds is 6. The number of aryl methyl sites for hydroxylation is 2. The molecule has 1 amide bonds. The molecule has 5 aromatic rings. The number of anilines is 3. The molecule has 0 spiro atoms. The van der Waals surface area contributed by atoms with E-state index in [4.69, 9.17) is 9.72 Å². The van der Waals surface area contributed by atoms with Crippen LogP contribution >= 0.6 is 0 Å².